The van der Waals surface area contributed by atoms with Gasteiger partial charge in [-0.15, -0.1) is 10.2 Å². The second-order valence-electron chi connectivity index (χ2n) is 4.40. The smallest absolute Gasteiger partial charge is 0.264 e. The van der Waals surface area contributed by atoms with Crippen LogP contribution in [-0.2, 0) is 6.54 Å². The first-order valence-electron chi connectivity index (χ1n) is 6.06. The average molecular weight is 358 g/mol. The van der Waals surface area contributed by atoms with Gasteiger partial charge in [0.25, 0.3) is 5.91 Å². The molecule has 0 atom stereocenters. The third-order valence-corrected chi connectivity index (χ3v) is 4.83. The maximum Gasteiger partial charge on any atom is 0.264 e. The van der Waals surface area contributed by atoms with Gasteiger partial charge in [-0.1, -0.05) is 0 Å². The van der Waals surface area contributed by atoms with Gasteiger partial charge >= 0.3 is 0 Å². The van der Waals surface area contributed by atoms with Gasteiger partial charge in [-0.3, -0.25) is 4.79 Å². The lowest BCUT2D eigenvalue weighted by Gasteiger charge is -2.05. The third-order valence-electron chi connectivity index (χ3n) is 3.00. The number of methoxy groups -OCH3 is 1. The van der Waals surface area contributed by atoms with E-state index in [-0.39, 0.29) is 5.91 Å². The van der Waals surface area contributed by atoms with E-state index in [1.165, 1.54) is 7.11 Å². The fourth-order valence-electron chi connectivity index (χ4n) is 1.82. The Morgan fingerprint density at radius 2 is 2.45 bits per heavy atom. The van der Waals surface area contributed by atoms with Gasteiger partial charge in [0.15, 0.2) is 5.82 Å². The number of nitrogens with zero attached hydrogens (tertiary/aromatic N) is 4. The molecule has 1 fully saturated rings. The van der Waals surface area contributed by atoms with Crippen LogP contribution < -0.4 is 10.1 Å². The molecule has 1 aliphatic rings. The van der Waals surface area contributed by atoms with Crippen LogP contribution in [0.1, 0.15) is 34.4 Å². The normalized spacial score (nSPS) is 14.3. The molecule has 1 N–H and O–H groups in total. The van der Waals surface area contributed by atoms with Crippen molar-refractivity contribution in [2.75, 3.05) is 7.11 Å². The van der Waals surface area contributed by atoms with Crippen LogP contribution in [0.15, 0.2) is 10.8 Å². The van der Waals surface area contributed by atoms with Crippen LogP contribution in [0.3, 0.4) is 0 Å². The summed E-state index contributed by atoms with van der Waals surface area (Å²) in [7, 11) is 1.51. The molecule has 1 aliphatic carbocycles. The first-order valence-corrected chi connectivity index (χ1v) is 7.63. The highest BCUT2D eigenvalue weighted by atomic mass is 79.9. The summed E-state index contributed by atoms with van der Waals surface area (Å²) in [5, 5.41) is 10.8. The van der Waals surface area contributed by atoms with Crippen LogP contribution in [0.25, 0.3) is 0 Å². The first kappa shape index (κ1) is 13.5. The van der Waals surface area contributed by atoms with Crippen LogP contribution in [0, 0.1) is 0 Å². The van der Waals surface area contributed by atoms with Crippen molar-refractivity contribution in [1.82, 2.24) is 24.5 Å². The molecule has 0 bridgehead atoms. The standard InChI is InChI=1S/C11H12BrN5O2S/c1-19-11-8(12)9(20-16-11)10(18)13-4-7-15-14-5-17(7)6-2-3-6/h5-6H,2-4H2,1H3,(H,13,18). The summed E-state index contributed by atoms with van der Waals surface area (Å²) < 4.78 is 11.7. The van der Waals surface area contributed by atoms with E-state index in [0.29, 0.717) is 27.8 Å². The predicted octanol–water partition coefficient (Wildman–Crippen LogP) is 1.77. The minimum absolute atomic E-state index is 0.206. The van der Waals surface area contributed by atoms with Crippen molar-refractivity contribution in [2.45, 2.75) is 25.4 Å². The number of hydrogen-bond donors (Lipinski definition) is 1. The molecule has 7 nitrogen and oxygen atoms in total. The average Bonchev–Trinajstić information content (AvgIpc) is 3.07. The predicted molar refractivity (Wildman–Crippen MR) is 75.8 cm³/mol. The van der Waals surface area contributed by atoms with Crippen molar-refractivity contribution < 1.29 is 9.53 Å². The number of aromatic nitrogens is 4. The van der Waals surface area contributed by atoms with E-state index in [9.17, 15) is 4.79 Å². The monoisotopic (exact) mass is 357 g/mol. The Balaban J connectivity index is 1.66. The lowest BCUT2D eigenvalue weighted by atomic mass is 10.4. The van der Waals surface area contributed by atoms with E-state index in [1.54, 1.807) is 6.33 Å². The van der Waals surface area contributed by atoms with Gasteiger partial charge < -0.3 is 14.6 Å². The Hall–Kier alpha value is -1.48. The second-order valence-corrected chi connectivity index (χ2v) is 5.97. The summed E-state index contributed by atoms with van der Waals surface area (Å²) in [6.45, 7) is 0.349. The minimum atomic E-state index is -0.206. The van der Waals surface area contributed by atoms with Crippen LogP contribution in [0.4, 0.5) is 0 Å². The Morgan fingerprint density at radius 1 is 1.65 bits per heavy atom. The van der Waals surface area contributed by atoms with Crippen molar-refractivity contribution in [1.29, 1.82) is 0 Å². The fourth-order valence-corrected chi connectivity index (χ4v) is 3.25. The number of rotatable bonds is 5. The molecule has 0 saturated heterocycles. The van der Waals surface area contributed by atoms with Crippen molar-refractivity contribution >= 4 is 33.4 Å². The molecule has 0 aliphatic heterocycles. The number of nitrogens with one attached hydrogen (secondary N) is 1. The number of carbonyl (C=O) groups excluding carboxylic acids is 1. The van der Waals surface area contributed by atoms with E-state index < -0.39 is 0 Å². The van der Waals surface area contributed by atoms with Crippen LogP contribution in [0.5, 0.6) is 5.88 Å². The number of hydrogen-bond acceptors (Lipinski definition) is 6. The Bertz CT molecular complexity index is 637. The molecule has 106 valence electrons. The minimum Gasteiger partial charge on any atom is -0.480 e. The molecule has 0 radical (unpaired) electrons. The number of carbonyl (C=O) groups is 1. The zero-order valence-corrected chi connectivity index (χ0v) is 13.1. The topological polar surface area (TPSA) is 81.9 Å². The largest absolute Gasteiger partial charge is 0.480 e. The summed E-state index contributed by atoms with van der Waals surface area (Å²) >= 11 is 4.40. The van der Waals surface area contributed by atoms with Crippen molar-refractivity contribution in [3.63, 3.8) is 0 Å². The third kappa shape index (κ3) is 2.55. The molecule has 0 spiro atoms. The molecule has 0 unspecified atom stereocenters. The van der Waals surface area contributed by atoms with Gasteiger partial charge in [-0.05, 0) is 40.3 Å². The summed E-state index contributed by atoms with van der Waals surface area (Å²) in [4.78, 5) is 12.6. The zero-order valence-electron chi connectivity index (χ0n) is 10.7. The van der Waals surface area contributed by atoms with Crippen molar-refractivity contribution in [3.05, 3.63) is 21.5 Å². The van der Waals surface area contributed by atoms with Crippen LogP contribution in [0.2, 0.25) is 0 Å². The summed E-state index contributed by atoms with van der Waals surface area (Å²) in [6.07, 6.45) is 4.01. The van der Waals surface area contributed by atoms with Gasteiger partial charge in [0.2, 0.25) is 5.88 Å². The summed E-state index contributed by atoms with van der Waals surface area (Å²) in [5.74, 6) is 0.984. The Kier molecular flexibility index (Phi) is 3.70. The Morgan fingerprint density at radius 3 is 3.10 bits per heavy atom. The number of ether oxygens (including phenoxy) is 1. The molecule has 3 rings (SSSR count). The SMILES string of the molecule is COc1nsc(C(=O)NCc2nncn2C2CC2)c1Br. The molecular formula is C11H12BrN5O2S. The molecule has 2 aromatic rings. The molecule has 2 heterocycles. The Labute approximate surface area is 127 Å². The van der Waals surface area contributed by atoms with E-state index >= 15 is 0 Å². The highest BCUT2D eigenvalue weighted by Gasteiger charge is 2.26. The van der Waals surface area contributed by atoms with Crippen LogP contribution >= 0.6 is 27.5 Å². The van der Waals surface area contributed by atoms with Crippen molar-refractivity contribution in [3.8, 4) is 5.88 Å². The molecule has 1 saturated carbocycles. The van der Waals surface area contributed by atoms with Gasteiger partial charge in [-0.2, -0.15) is 4.37 Å². The molecule has 2 aromatic heterocycles. The lowest BCUT2D eigenvalue weighted by Crippen LogP contribution is -2.24. The number of halogens is 1. The van der Waals surface area contributed by atoms with E-state index in [1.807, 2.05) is 4.57 Å². The fraction of sp³-hybridized carbons (Fsp3) is 0.455. The lowest BCUT2D eigenvalue weighted by molar-refractivity contribution is 0.0952. The van der Waals surface area contributed by atoms with Gasteiger partial charge in [0.05, 0.1) is 13.7 Å². The van der Waals surface area contributed by atoms with Crippen molar-refractivity contribution in [2.24, 2.45) is 0 Å². The summed E-state index contributed by atoms with van der Waals surface area (Å²) in [6, 6.07) is 0.493. The van der Waals surface area contributed by atoms with E-state index in [0.717, 1.165) is 30.2 Å². The van der Waals surface area contributed by atoms with Gasteiger partial charge in [0, 0.05) is 6.04 Å². The van der Waals surface area contributed by atoms with Gasteiger partial charge in [-0.25, -0.2) is 0 Å². The number of amides is 1. The zero-order chi connectivity index (χ0) is 14.1. The second kappa shape index (κ2) is 5.49. The van der Waals surface area contributed by atoms with Crippen LogP contribution in [-0.4, -0.2) is 32.2 Å². The van der Waals surface area contributed by atoms with Gasteiger partial charge in [0.1, 0.15) is 15.7 Å². The molecule has 0 aromatic carbocycles. The van der Waals surface area contributed by atoms with E-state index in [4.69, 9.17) is 4.74 Å². The first-order chi connectivity index (χ1) is 9.70. The summed E-state index contributed by atoms with van der Waals surface area (Å²) in [5.41, 5.74) is 0. The highest BCUT2D eigenvalue weighted by Crippen LogP contribution is 2.35. The molecule has 1 amide bonds. The molecule has 9 heteroatoms. The highest BCUT2D eigenvalue weighted by molar-refractivity contribution is 9.10. The molecule has 20 heavy (non-hydrogen) atoms. The maximum absolute atomic E-state index is 12.1. The molecular weight excluding hydrogens is 346 g/mol. The maximum atomic E-state index is 12.1. The quantitative estimate of drug-likeness (QED) is 0.881. The van der Waals surface area contributed by atoms with E-state index in [2.05, 4.69) is 35.8 Å².